The first-order valence-corrected chi connectivity index (χ1v) is 10.9. The van der Waals surface area contributed by atoms with Crippen LogP contribution in [0.2, 0.25) is 0 Å². The largest absolute Gasteiger partial charge is 0.300 e. The topological polar surface area (TPSA) is 46.2 Å². The predicted molar refractivity (Wildman–Crippen MR) is 110 cm³/mol. The Hall–Kier alpha value is -1.43. The van der Waals surface area contributed by atoms with Crippen molar-refractivity contribution in [2.75, 3.05) is 5.75 Å². The molecular formula is C21H27ClFNO2S. The predicted octanol–water partition coefficient (Wildman–Crippen LogP) is 5.05. The summed E-state index contributed by atoms with van der Waals surface area (Å²) in [6.07, 6.45) is 3.33. The van der Waals surface area contributed by atoms with E-state index in [1.165, 1.54) is 6.07 Å². The van der Waals surface area contributed by atoms with Crippen LogP contribution >= 0.6 is 12.4 Å². The fraction of sp³-hybridized carbons (Fsp3) is 0.429. The number of rotatable bonds is 5. The van der Waals surface area contributed by atoms with E-state index in [4.69, 9.17) is 0 Å². The Morgan fingerprint density at radius 2 is 1.70 bits per heavy atom. The molecule has 0 fully saturated rings. The summed E-state index contributed by atoms with van der Waals surface area (Å²) in [7, 11) is -3.47. The van der Waals surface area contributed by atoms with Gasteiger partial charge in [-0.2, -0.15) is 0 Å². The molecule has 0 saturated carbocycles. The highest BCUT2D eigenvalue weighted by Crippen LogP contribution is 2.38. The Morgan fingerprint density at radius 3 is 2.33 bits per heavy atom. The van der Waals surface area contributed by atoms with Gasteiger partial charge in [0.2, 0.25) is 0 Å². The molecular weight excluding hydrogens is 385 g/mol. The molecule has 0 radical (unpaired) electrons. The minimum atomic E-state index is -3.47. The minimum absolute atomic E-state index is 0. The van der Waals surface area contributed by atoms with Crippen molar-refractivity contribution in [2.24, 2.45) is 0 Å². The van der Waals surface area contributed by atoms with E-state index in [9.17, 15) is 12.8 Å². The van der Waals surface area contributed by atoms with Gasteiger partial charge in [-0.1, -0.05) is 63.1 Å². The highest BCUT2D eigenvalue weighted by Gasteiger charge is 2.42. The molecule has 2 aromatic carbocycles. The third-order valence-electron chi connectivity index (χ3n) is 5.38. The van der Waals surface area contributed by atoms with Crippen molar-refractivity contribution in [3.05, 3.63) is 65.5 Å². The third-order valence-corrected chi connectivity index (χ3v) is 7.36. The van der Waals surface area contributed by atoms with Crippen LogP contribution in [0.4, 0.5) is 4.39 Å². The summed E-state index contributed by atoms with van der Waals surface area (Å²) in [4.78, 5) is 0.313. The summed E-state index contributed by atoms with van der Waals surface area (Å²) in [6.45, 7) is 4.10. The van der Waals surface area contributed by atoms with E-state index in [1.54, 1.807) is 36.4 Å². The first-order chi connectivity index (χ1) is 12.4. The lowest BCUT2D eigenvalue weighted by Gasteiger charge is -2.36. The Kier molecular flexibility index (Phi) is 7.06. The van der Waals surface area contributed by atoms with E-state index < -0.39 is 21.4 Å². The second-order valence-corrected chi connectivity index (χ2v) is 9.09. The summed E-state index contributed by atoms with van der Waals surface area (Å²) in [5.74, 6) is -0.280. The maximum atomic E-state index is 14.6. The van der Waals surface area contributed by atoms with Gasteiger partial charge in [0.15, 0.2) is 9.84 Å². The summed E-state index contributed by atoms with van der Waals surface area (Å²) in [6, 6.07) is 13.1. The molecule has 1 heterocycles. The van der Waals surface area contributed by atoms with Crippen LogP contribution in [0.3, 0.4) is 0 Å². The van der Waals surface area contributed by atoms with E-state index in [1.807, 2.05) is 13.0 Å². The van der Waals surface area contributed by atoms with Crippen molar-refractivity contribution < 1.29 is 12.8 Å². The second kappa shape index (κ2) is 8.72. The van der Waals surface area contributed by atoms with Gasteiger partial charge in [-0.15, -0.1) is 12.4 Å². The molecule has 0 bridgehead atoms. The van der Waals surface area contributed by atoms with Crippen molar-refractivity contribution in [1.29, 1.82) is 0 Å². The molecule has 3 nitrogen and oxygen atoms in total. The average molecular weight is 412 g/mol. The molecule has 2 aromatic rings. The fourth-order valence-corrected chi connectivity index (χ4v) is 6.01. The van der Waals surface area contributed by atoms with Gasteiger partial charge in [-0.3, -0.25) is 5.32 Å². The zero-order valence-electron chi connectivity index (χ0n) is 15.7. The highest BCUT2D eigenvalue weighted by atomic mass is 35.5. The van der Waals surface area contributed by atoms with E-state index in [-0.39, 0.29) is 24.0 Å². The van der Waals surface area contributed by atoms with Crippen LogP contribution in [0.5, 0.6) is 0 Å². The minimum Gasteiger partial charge on any atom is -0.300 e. The lowest BCUT2D eigenvalue weighted by Crippen LogP contribution is -2.50. The van der Waals surface area contributed by atoms with Gasteiger partial charge in [0.05, 0.1) is 16.7 Å². The van der Waals surface area contributed by atoms with Gasteiger partial charge < -0.3 is 0 Å². The van der Waals surface area contributed by atoms with Gasteiger partial charge in [0, 0.05) is 11.1 Å². The van der Waals surface area contributed by atoms with Crippen molar-refractivity contribution in [2.45, 2.75) is 56.0 Å². The molecule has 1 N–H and O–H groups in total. The summed E-state index contributed by atoms with van der Waals surface area (Å²) >= 11 is 0. The van der Waals surface area contributed by atoms with Gasteiger partial charge >= 0.3 is 0 Å². The van der Waals surface area contributed by atoms with Crippen molar-refractivity contribution >= 4 is 22.2 Å². The molecule has 1 aliphatic rings. The van der Waals surface area contributed by atoms with Crippen LogP contribution in [0, 0.1) is 5.82 Å². The van der Waals surface area contributed by atoms with Crippen LogP contribution in [-0.4, -0.2) is 19.7 Å². The highest BCUT2D eigenvalue weighted by molar-refractivity contribution is 7.91. The van der Waals surface area contributed by atoms with E-state index in [0.717, 1.165) is 19.3 Å². The summed E-state index contributed by atoms with van der Waals surface area (Å²) in [5, 5.41) is 3.56. The van der Waals surface area contributed by atoms with Crippen molar-refractivity contribution in [3.63, 3.8) is 0 Å². The third kappa shape index (κ3) is 4.36. The normalized spacial score (nSPS) is 23.7. The number of sulfone groups is 1. The number of benzene rings is 2. The maximum Gasteiger partial charge on any atom is 0.180 e. The monoisotopic (exact) mass is 411 g/mol. The molecule has 0 spiro atoms. The first kappa shape index (κ1) is 21.9. The maximum absolute atomic E-state index is 14.6. The molecule has 0 aliphatic carbocycles. The Morgan fingerprint density at radius 1 is 1.07 bits per heavy atom. The van der Waals surface area contributed by atoms with Gasteiger partial charge in [0.1, 0.15) is 5.82 Å². The van der Waals surface area contributed by atoms with Crippen LogP contribution in [0.1, 0.15) is 56.7 Å². The van der Waals surface area contributed by atoms with Gasteiger partial charge in [-0.05, 0) is 30.5 Å². The number of hydrogen-bond acceptors (Lipinski definition) is 3. The lowest BCUT2D eigenvalue weighted by molar-refractivity contribution is 0.292. The standard InChI is InChI=1S/C21H26FNO2S.ClH/c1-3-5-14-21(4-2)15-26(24,25)19-13-9-7-11-17(19)20(23-21)16-10-6-8-12-18(16)22;/h6-13,20,23H,3-5,14-15H2,1-2H3;1H/t20-,21+;/m0./s1. The van der Waals surface area contributed by atoms with Crippen molar-refractivity contribution in [1.82, 2.24) is 5.32 Å². The summed E-state index contributed by atoms with van der Waals surface area (Å²) in [5.41, 5.74) is 0.552. The van der Waals surface area contributed by atoms with E-state index in [0.29, 0.717) is 22.4 Å². The number of fused-ring (bicyclic) bond motifs is 1. The molecule has 148 valence electrons. The molecule has 0 amide bonds. The molecule has 3 rings (SSSR count). The quantitative estimate of drug-likeness (QED) is 0.748. The zero-order valence-corrected chi connectivity index (χ0v) is 17.4. The average Bonchev–Trinajstić information content (AvgIpc) is 2.74. The van der Waals surface area contributed by atoms with E-state index in [2.05, 4.69) is 12.2 Å². The molecule has 0 unspecified atom stereocenters. The van der Waals surface area contributed by atoms with Crippen LogP contribution in [0.15, 0.2) is 53.4 Å². The molecule has 0 aromatic heterocycles. The summed E-state index contributed by atoms with van der Waals surface area (Å²) < 4.78 is 40.9. The SMILES string of the molecule is CCCC[C@]1(CC)CS(=O)(=O)c2ccccc2[C@H](c2ccccc2F)N1.Cl. The van der Waals surface area contributed by atoms with Gasteiger partial charge in [0.25, 0.3) is 0 Å². The molecule has 6 heteroatoms. The van der Waals surface area contributed by atoms with Crippen LogP contribution in [-0.2, 0) is 9.84 Å². The first-order valence-electron chi connectivity index (χ1n) is 9.26. The smallest absolute Gasteiger partial charge is 0.180 e. The number of halogens is 2. The number of nitrogens with one attached hydrogen (secondary N) is 1. The van der Waals surface area contributed by atoms with Crippen LogP contribution < -0.4 is 5.32 Å². The molecule has 2 atom stereocenters. The molecule has 27 heavy (non-hydrogen) atoms. The second-order valence-electron chi connectivity index (χ2n) is 7.13. The molecule has 1 aliphatic heterocycles. The fourth-order valence-electron chi connectivity index (χ4n) is 3.86. The lowest BCUT2D eigenvalue weighted by atomic mass is 9.88. The van der Waals surface area contributed by atoms with Crippen LogP contribution in [0.25, 0.3) is 0 Å². The Bertz CT molecular complexity index is 887. The number of unbranched alkanes of at least 4 members (excludes halogenated alkanes) is 1. The molecule has 0 saturated heterocycles. The van der Waals surface area contributed by atoms with Gasteiger partial charge in [-0.25, -0.2) is 12.8 Å². The number of hydrogen-bond donors (Lipinski definition) is 1. The Balaban J connectivity index is 0.00000261. The van der Waals surface area contributed by atoms with Crippen molar-refractivity contribution in [3.8, 4) is 0 Å². The van der Waals surface area contributed by atoms with E-state index >= 15 is 0 Å². The Labute approximate surface area is 167 Å². The zero-order chi connectivity index (χ0) is 18.8.